The van der Waals surface area contributed by atoms with Crippen LogP contribution in [-0.4, -0.2) is 54.7 Å². The second-order valence-electron chi connectivity index (χ2n) is 5.56. The Labute approximate surface area is 136 Å². The maximum absolute atomic E-state index is 12.3. The molecule has 1 saturated heterocycles. The normalized spacial score (nSPS) is 23.4. The van der Waals surface area contributed by atoms with E-state index in [9.17, 15) is 19.5 Å². The Kier molecular flexibility index (Phi) is 3.67. The van der Waals surface area contributed by atoms with Gasteiger partial charge in [0.1, 0.15) is 17.1 Å². The number of carbonyl (C=O) groups is 3. The second kappa shape index (κ2) is 5.41. The third-order valence-corrected chi connectivity index (χ3v) is 5.55. The van der Waals surface area contributed by atoms with E-state index in [2.05, 4.69) is 10.4 Å². The number of amides is 2. The number of aromatic nitrogens is 2. The summed E-state index contributed by atoms with van der Waals surface area (Å²) in [6, 6.07) is -0.713. The fourth-order valence-corrected chi connectivity index (χ4v) is 4.01. The third-order valence-electron chi connectivity index (χ3n) is 4.13. The molecule has 1 aromatic rings. The zero-order chi connectivity index (χ0) is 16.9. The number of fused-ring (bicyclic) bond motifs is 1. The zero-order valence-electron chi connectivity index (χ0n) is 12.9. The fourth-order valence-electron chi connectivity index (χ4n) is 2.72. The molecule has 0 bridgehead atoms. The molecule has 3 heterocycles. The van der Waals surface area contributed by atoms with E-state index < -0.39 is 17.9 Å². The van der Waals surface area contributed by atoms with Gasteiger partial charge in [0.25, 0.3) is 11.8 Å². The number of carbonyl (C=O) groups excluding carboxylic acids is 2. The Morgan fingerprint density at radius 2 is 2.13 bits per heavy atom. The van der Waals surface area contributed by atoms with Crippen molar-refractivity contribution in [3.63, 3.8) is 0 Å². The molecule has 0 saturated carbocycles. The number of nitrogens with one attached hydrogen (secondary N) is 1. The summed E-state index contributed by atoms with van der Waals surface area (Å²) in [5.41, 5.74) is 1.79. The quantitative estimate of drug-likeness (QED) is 0.759. The molecule has 2 aliphatic rings. The molecule has 2 aliphatic heterocycles. The lowest BCUT2D eigenvalue weighted by Gasteiger charge is -2.49. The van der Waals surface area contributed by atoms with Crippen molar-refractivity contribution in [2.24, 2.45) is 7.05 Å². The highest BCUT2D eigenvalue weighted by atomic mass is 32.2. The zero-order valence-corrected chi connectivity index (χ0v) is 13.7. The second-order valence-corrected chi connectivity index (χ2v) is 6.67. The summed E-state index contributed by atoms with van der Waals surface area (Å²) in [5, 5.41) is 15.6. The van der Waals surface area contributed by atoms with E-state index in [-0.39, 0.29) is 17.0 Å². The number of carboxylic acid groups (broad SMARTS) is 1. The Morgan fingerprint density at radius 3 is 2.70 bits per heavy atom. The largest absolute Gasteiger partial charge is 0.477 e. The maximum Gasteiger partial charge on any atom is 0.352 e. The Balaban J connectivity index is 1.78. The van der Waals surface area contributed by atoms with Crippen molar-refractivity contribution in [1.29, 1.82) is 0 Å². The van der Waals surface area contributed by atoms with Gasteiger partial charge < -0.3 is 10.4 Å². The van der Waals surface area contributed by atoms with Gasteiger partial charge in [-0.25, -0.2) is 4.79 Å². The first-order valence-corrected chi connectivity index (χ1v) is 8.05. The van der Waals surface area contributed by atoms with Gasteiger partial charge in [-0.05, 0) is 19.4 Å². The number of thioether (sulfide) groups is 1. The van der Waals surface area contributed by atoms with Gasteiger partial charge in [0.2, 0.25) is 0 Å². The van der Waals surface area contributed by atoms with Crippen molar-refractivity contribution in [2.45, 2.75) is 25.3 Å². The van der Waals surface area contributed by atoms with E-state index in [1.807, 2.05) is 0 Å². The molecule has 0 radical (unpaired) electrons. The molecule has 2 amide bonds. The van der Waals surface area contributed by atoms with E-state index in [1.165, 1.54) is 22.9 Å². The van der Waals surface area contributed by atoms with Crippen LogP contribution in [0.3, 0.4) is 0 Å². The van der Waals surface area contributed by atoms with Crippen molar-refractivity contribution in [3.8, 4) is 0 Å². The summed E-state index contributed by atoms with van der Waals surface area (Å²) in [6.45, 7) is 3.46. The first kappa shape index (κ1) is 15.6. The van der Waals surface area contributed by atoms with Gasteiger partial charge in [0, 0.05) is 18.5 Å². The van der Waals surface area contributed by atoms with E-state index in [0.717, 1.165) is 0 Å². The van der Waals surface area contributed by atoms with Crippen LogP contribution in [0.4, 0.5) is 0 Å². The van der Waals surface area contributed by atoms with Crippen molar-refractivity contribution >= 4 is 29.5 Å². The van der Waals surface area contributed by atoms with Gasteiger partial charge in [-0.2, -0.15) is 5.10 Å². The molecule has 122 valence electrons. The summed E-state index contributed by atoms with van der Waals surface area (Å²) in [6.07, 6.45) is 1.45. The summed E-state index contributed by atoms with van der Waals surface area (Å²) in [5.74, 6) is -1.37. The van der Waals surface area contributed by atoms with E-state index in [0.29, 0.717) is 22.6 Å². The number of aliphatic carboxylic acids is 1. The van der Waals surface area contributed by atoms with Crippen molar-refractivity contribution in [1.82, 2.24) is 20.0 Å². The summed E-state index contributed by atoms with van der Waals surface area (Å²) < 4.78 is 1.58. The Hall–Kier alpha value is -2.29. The van der Waals surface area contributed by atoms with Crippen LogP contribution in [0.25, 0.3) is 0 Å². The van der Waals surface area contributed by atoms with Gasteiger partial charge in [0.05, 0.1) is 11.8 Å². The maximum atomic E-state index is 12.3. The molecule has 0 aromatic carbocycles. The topological polar surface area (TPSA) is 105 Å². The average molecular weight is 336 g/mol. The number of hydrogen-bond acceptors (Lipinski definition) is 5. The van der Waals surface area contributed by atoms with Gasteiger partial charge in [-0.15, -0.1) is 11.8 Å². The van der Waals surface area contributed by atoms with Crippen molar-refractivity contribution < 1.29 is 19.5 Å². The predicted octanol–water partition coefficient (Wildman–Crippen LogP) is 0.101. The number of hydrogen-bond donors (Lipinski definition) is 2. The van der Waals surface area contributed by atoms with E-state index >= 15 is 0 Å². The minimum Gasteiger partial charge on any atom is -0.477 e. The number of aryl methyl sites for hydroxylation is 1. The summed E-state index contributed by atoms with van der Waals surface area (Å²) >= 11 is 1.45. The SMILES string of the molecule is CC1=C(C(=O)O)N2C(=O)C(NC(=O)c3cnn(C)c3C)C2SC1. The predicted molar refractivity (Wildman–Crippen MR) is 82.6 cm³/mol. The molecular weight excluding hydrogens is 320 g/mol. The molecule has 9 heteroatoms. The molecular formula is C14H16N4O4S. The molecule has 0 aliphatic carbocycles. The lowest BCUT2D eigenvalue weighted by Crippen LogP contribution is -2.70. The van der Waals surface area contributed by atoms with Gasteiger partial charge in [-0.3, -0.25) is 19.2 Å². The highest BCUT2D eigenvalue weighted by Gasteiger charge is 2.53. The van der Waals surface area contributed by atoms with Crippen LogP contribution in [0.5, 0.6) is 0 Å². The van der Waals surface area contributed by atoms with Crippen LogP contribution in [0, 0.1) is 6.92 Å². The van der Waals surface area contributed by atoms with E-state index in [1.54, 1.807) is 25.6 Å². The average Bonchev–Trinajstić information content (AvgIpc) is 2.83. The van der Waals surface area contributed by atoms with Gasteiger partial charge in [0.15, 0.2) is 0 Å². The van der Waals surface area contributed by atoms with Crippen molar-refractivity contribution in [2.75, 3.05) is 5.75 Å². The van der Waals surface area contributed by atoms with Crippen LogP contribution < -0.4 is 5.32 Å². The fraction of sp³-hybridized carbons (Fsp3) is 0.429. The lowest BCUT2D eigenvalue weighted by atomic mass is 10.0. The molecule has 2 unspecified atom stereocenters. The highest BCUT2D eigenvalue weighted by molar-refractivity contribution is 8.00. The minimum atomic E-state index is -1.12. The first-order chi connectivity index (χ1) is 10.8. The third kappa shape index (κ3) is 2.31. The van der Waals surface area contributed by atoms with Crippen LogP contribution in [0.2, 0.25) is 0 Å². The molecule has 1 aromatic heterocycles. The smallest absolute Gasteiger partial charge is 0.352 e. The monoisotopic (exact) mass is 336 g/mol. The number of rotatable bonds is 3. The molecule has 3 rings (SSSR count). The Morgan fingerprint density at radius 1 is 1.43 bits per heavy atom. The van der Waals surface area contributed by atoms with Crippen LogP contribution in [0.15, 0.2) is 17.5 Å². The number of carboxylic acids is 1. The molecule has 23 heavy (non-hydrogen) atoms. The number of nitrogens with zero attached hydrogens (tertiary/aromatic N) is 3. The minimum absolute atomic E-state index is 0.0295. The molecule has 2 N–H and O–H groups in total. The molecule has 2 atom stereocenters. The van der Waals surface area contributed by atoms with Crippen molar-refractivity contribution in [3.05, 3.63) is 28.7 Å². The van der Waals surface area contributed by atoms with Crippen LogP contribution >= 0.6 is 11.8 Å². The summed E-state index contributed by atoms with van der Waals surface area (Å²) in [4.78, 5) is 37.2. The summed E-state index contributed by atoms with van der Waals surface area (Å²) in [7, 11) is 1.73. The van der Waals surface area contributed by atoms with Crippen LogP contribution in [0.1, 0.15) is 23.0 Å². The van der Waals surface area contributed by atoms with Gasteiger partial charge in [-0.1, -0.05) is 0 Å². The standard InChI is InChI=1S/C14H16N4O4S/c1-6-5-23-13-9(12(20)18(13)10(6)14(21)22)16-11(19)8-4-15-17(3)7(8)2/h4,9,13H,5H2,1-3H3,(H,16,19)(H,21,22). The van der Waals surface area contributed by atoms with E-state index in [4.69, 9.17) is 0 Å². The molecule has 8 nitrogen and oxygen atoms in total. The molecule has 0 spiro atoms. The van der Waals surface area contributed by atoms with Gasteiger partial charge >= 0.3 is 5.97 Å². The number of β-lactam (4-membered cyclic amide) rings is 1. The van der Waals surface area contributed by atoms with Crippen LogP contribution in [-0.2, 0) is 16.6 Å². The first-order valence-electron chi connectivity index (χ1n) is 7.00. The Bertz CT molecular complexity index is 754. The molecule has 1 fully saturated rings. The highest BCUT2D eigenvalue weighted by Crippen LogP contribution is 2.40. The lowest BCUT2D eigenvalue weighted by molar-refractivity contribution is -0.148.